The molecule has 0 fully saturated rings. The molecule has 2 aromatic rings. The highest BCUT2D eigenvalue weighted by atomic mass is 35.5. The van der Waals surface area contributed by atoms with Crippen molar-refractivity contribution in [3.8, 4) is 22.8 Å². The average Bonchev–Trinajstić information content (AvgIpc) is 2.85. The highest BCUT2D eigenvalue weighted by Gasteiger charge is 2.43. The summed E-state index contributed by atoms with van der Waals surface area (Å²) in [5.41, 5.74) is 4.26. The maximum absolute atomic E-state index is 14.4. The molecule has 1 aliphatic heterocycles. The molecule has 1 aromatic carbocycles. The molecule has 0 atom stereocenters. The van der Waals surface area contributed by atoms with Crippen LogP contribution in [0.2, 0.25) is 5.02 Å². The van der Waals surface area contributed by atoms with Gasteiger partial charge in [-0.25, -0.2) is 14.2 Å². The van der Waals surface area contributed by atoms with E-state index in [9.17, 15) is 18.0 Å². The van der Waals surface area contributed by atoms with Gasteiger partial charge in [-0.05, 0) is 18.2 Å². The fourth-order valence-electron chi connectivity index (χ4n) is 2.08. The molecule has 24 heavy (non-hydrogen) atoms. The normalized spacial score (nSPS) is 14.5. The summed E-state index contributed by atoms with van der Waals surface area (Å²) in [5, 5.41) is -0.407. The molecule has 0 aliphatic carbocycles. The van der Waals surface area contributed by atoms with E-state index in [1.54, 1.807) is 0 Å². The van der Waals surface area contributed by atoms with E-state index < -0.39 is 34.5 Å². The maximum Gasteiger partial charge on any atom is 0.586 e. The van der Waals surface area contributed by atoms with Crippen LogP contribution in [0.15, 0.2) is 18.2 Å². The quantitative estimate of drug-likeness (QED) is 0.828. The number of esters is 1. The Morgan fingerprint density at radius 2 is 2.00 bits per heavy atom. The van der Waals surface area contributed by atoms with E-state index in [2.05, 4.69) is 19.2 Å². The number of nitrogens with zero attached hydrogens (tertiary/aromatic N) is 1. The first kappa shape index (κ1) is 16.2. The Morgan fingerprint density at radius 1 is 1.33 bits per heavy atom. The number of ether oxygens (including phenoxy) is 3. The number of aromatic nitrogens is 1. The first-order valence-corrected chi connectivity index (χ1v) is 6.74. The highest BCUT2D eigenvalue weighted by Crippen LogP contribution is 2.43. The molecule has 2 heterocycles. The summed E-state index contributed by atoms with van der Waals surface area (Å²) >= 11 is 5.79. The summed E-state index contributed by atoms with van der Waals surface area (Å²) in [7, 11) is 1.09. The Labute approximate surface area is 137 Å². The van der Waals surface area contributed by atoms with Crippen LogP contribution in [-0.2, 0) is 4.74 Å². The van der Waals surface area contributed by atoms with Crippen LogP contribution in [0.1, 0.15) is 10.5 Å². The van der Waals surface area contributed by atoms with Crippen molar-refractivity contribution in [1.29, 1.82) is 0 Å². The summed E-state index contributed by atoms with van der Waals surface area (Å²) in [5.74, 6) is -2.48. The van der Waals surface area contributed by atoms with E-state index in [-0.39, 0.29) is 22.8 Å². The van der Waals surface area contributed by atoms with Crippen molar-refractivity contribution >= 4 is 23.3 Å². The number of pyridine rings is 1. The van der Waals surface area contributed by atoms with Crippen molar-refractivity contribution < 1.29 is 32.2 Å². The number of fused-ring (bicyclic) bond motifs is 1. The number of alkyl halides is 2. The Kier molecular flexibility index (Phi) is 3.67. The molecule has 0 saturated carbocycles. The van der Waals surface area contributed by atoms with E-state index in [0.717, 1.165) is 19.2 Å². The van der Waals surface area contributed by atoms with Gasteiger partial charge >= 0.3 is 12.3 Å². The van der Waals surface area contributed by atoms with Crippen molar-refractivity contribution in [2.75, 3.05) is 12.8 Å². The van der Waals surface area contributed by atoms with Crippen molar-refractivity contribution in [3.05, 3.63) is 34.7 Å². The fourth-order valence-corrected chi connectivity index (χ4v) is 2.28. The largest absolute Gasteiger partial charge is 0.586 e. The van der Waals surface area contributed by atoms with E-state index in [0.29, 0.717) is 0 Å². The van der Waals surface area contributed by atoms with Gasteiger partial charge in [0.05, 0.1) is 17.8 Å². The third kappa shape index (κ3) is 2.56. The van der Waals surface area contributed by atoms with Gasteiger partial charge in [-0.2, -0.15) is 0 Å². The summed E-state index contributed by atoms with van der Waals surface area (Å²) in [6.45, 7) is 0. The number of benzene rings is 1. The van der Waals surface area contributed by atoms with Crippen LogP contribution in [0.25, 0.3) is 11.3 Å². The highest BCUT2D eigenvalue weighted by molar-refractivity contribution is 6.35. The minimum Gasteiger partial charge on any atom is -0.464 e. The van der Waals surface area contributed by atoms with Gasteiger partial charge in [-0.1, -0.05) is 11.6 Å². The first-order valence-electron chi connectivity index (χ1n) is 6.36. The third-order valence-corrected chi connectivity index (χ3v) is 3.55. The van der Waals surface area contributed by atoms with Crippen LogP contribution < -0.4 is 15.2 Å². The molecule has 10 heteroatoms. The molecule has 0 saturated heterocycles. The number of hydrogen-bond donors (Lipinski definition) is 1. The van der Waals surface area contributed by atoms with Crippen molar-refractivity contribution in [3.63, 3.8) is 0 Å². The van der Waals surface area contributed by atoms with Gasteiger partial charge < -0.3 is 19.9 Å². The number of rotatable bonds is 2. The topological polar surface area (TPSA) is 83.7 Å². The zero-order chi connectivity index (χ0) is 17.6. The number of carbonyl (C=O) groups excluding carboxylic acids is 1. The minimum atomic E-state index is -3.82. The van der Waals surface area contributed by atoms with E-state index in [4.69, 9.17) is 17.3 Å². The number of nitrogens with two attached hydrogens (primary N) is 1. The Bertz CT molecular complexity index is 860. The zero-order valence-corrected chi connectivity index (χ0v) is 12.7. The second-order valence-corrected chi connectivity index (χ2v) is 5.05. The lowest BCUT2D eigenvalue weighted by Crippen LogP contribution is -2.25. The molecule has 0 radical (unpaired) electrons. The van der Waals surface area contributed by atoms with Gasteiger partial charge in [0.2, 0.25) is 0 Å². The summed E-state index contributed by atoms with van der Waals surface area (Å²) in [6.07, 6.45) is -3.82. The molecule has 0 unspecified atom stereocenters. The molecule has 2 N–H and O–H groups in total. The lowest BCUT2D eigenvalue weighted by atomic mass is 10.1. The van der Waals surface area contributed by atoms with Crippen LogP contribution in [0, 0.1) is 5.82 Å². The van der Waals surface area contributed by atoms with Crippen molar-refractivity contribution in [2.24, 2.45) is 0 Å². The zero-order valence-electron chi connectivity index (χ0n) is 11.9. The van der Waals surface area contributed by atoms with E-state index >= 15 is 0 Å². The maximum atomic E-state index is 14.4. The monoisotopic (exact) mass is 360 g/mol. The minimum absolute atomic E-state index is 0.0288. The van der Waals surface area contributed by atoms with Gasteiger partial charge in [0.15, 0.2) is 23.0 Å². The lowest BCUT2D eigenvalue weighted by Gasteiger charge is -2.10. The molecular formula is C14H8ClF3N2O4. The molecular weight excluding hydrogens is 353 g/mol. The predicted molar refractivity (Wildman–Crippen MR) is 76.6 cm³/mol. The fraction of sp³-hybridized carbons (Fsp3) is 0.143. The average molecular weight is 361 g/mol. The Morgan fingerprint density at radius 3 is 2.67 bits per heavy atom. The van der Waals surface area contributed by atoms with Gasteiger partial charge in [0.25, 0.3) is 0 Å². The van der Waals surface area contributed by atoms with Crippen LogP contribution in [0.5, 0.6) is 11.5 Å². The molecule has 0 amide bonds. The summed E-state index contributed by atoms with van der Waals surface area (Å²) in [6, 6.07) is 3.48. The number of nitrogen functional groups attached to an aromatic ring is 1. The SMILES string of the molecule is COC(=O)c1nc(-c2ccc3c(c2)OC(F)(F)O3)c(F)c(N)c1Cl. The van der Waals surface area contributed by atoms with Gasteiger partial charge in [0.1, 0.15) is 5.69 Å². The van der Waals surface area contributed by atoms with Crippen molar-refractivity contribution in [1.82, 2.24) is 4.98 Å². The van der Waals surface area contributed by atoms with Crippen molar-refractivity contribution in [2.45, 2.75) is 6.29 Å². The Balaban J connectivity index is 2.14. The van der Waals surface area contributed by atoms with Crippen LogP contribution in [-0.4, -0.2) is 24.4 Å². The Hall–Kier alpha value is -2.68. The molecule has 126 valence electrons. The second-order valence-electron chi connectivity index (χ2n) is 4.67. The molecule has 0 bridgehead atoms. The van der Waals surface area contributed by atoms with Gasteiger partial charge in [0, 0.05) is 5.56 Å². The number of carbonyl (C=O) groups is 1. The number of methoxy groups -OCH3 is 1. The van der Waals surface area contributed by atoms with Gasteiger partial charge in [-0.15, -0.1) is 8.78 Å². The van der Waals surface area contributed by atoms with Crippen LogP contribution in [0.3, 0.4) is 0 Å². The predicted octanol–water partition coefficient (Wildman–Crippen LogP) is 3.23. The van der Waals surface area contributed by atoms with Crippen LogP contribution in [0.4, 0.5) is 18.9 Å². The van der Waals surface area contributed by atoms with E-state index in [1.165, 1.54) is 6.07 Å². The third-order valence-electron chi connectivity index (χ3n) is 3.17. The number of halogens is 4. The molecule has 6 nitrogen and oxygen atoms in total. The number of hydrogen-bond acceptors (Lipinski definition) is 6. The summed E-state index contributed by atoms with van der Waals surface area (Å²) in [4.78, 5) is 15.5. The lowest BCUT2D eigenvalue weighted by molar-refractivity contribution is -0.286. The molecule has 0 spiro atoms. The summed E-state index contributed by atoms with van der Waals surface area (Å²) < 4.78 is 53.5. The smallest absolute Gasteiger partial charge is 0.464 e. The molecule has 1 aromatic heterocycles. The molecule has 3 rings (SSSR count). The standard InChI is InChI=1S/C14H8ClF3N2O4/c1-22-13(21)12-8(15)10(19)9(16)11(20-12)5-2-3-6-7(4-5)24-14(17,18)23-6/h2-4H,1H3,(H2,19,20). The van der Waals surface area contributed by atoms with Gasteiger partial charge in [-0.3, -0.25) is 0 Å². The van der Waals surface area contributed by atoms with E-state index in [1.807, 2.05) is 0 Å². The molecule has 1 aliphatic rings. The number of anilines is 1. The first-order chi connectivity index (χ1) is 11.2. The second kappa shape index (κ2) is 5.45. The van der Waals surface area contributed by atoms with Crippen LogP contribution >= 0.6 is 11.6 Å².